The summed E-state index contributed by atoms with van der Waals surface area (Å²) in [6.45, 7) is 5.13. The predicted octanol–water partition coefficient (Wildman–Crippen LogP) is 3.04. The molecular formula is C13H24N2S2. The Kier molecular flexibility index (Phi) is 7.93. The lowest BCUT2D eigenvalue weighted by molar-refractivity contribution is 0.193. The number of nitrogens with zero attached hydrogens (tertiary/aromatic N) is 1. The molecule has 0 aromatic carbocycles. The molecule has 0 saturated heterocycles. The third kappa shape index (κ3) is 5.42. The highest BCUT2D eigenvalue weighted by molar-refractivity contribution is 7.98. The van der Waals surface area contributed by atoms with Gasteiger partial charge in [0.15, 0.2) is 0 Å². The Morgan fingerprint density at radius 1 is 1.53 bits per heavy atom. The smallest absolute Gasteiger partial charge is 0.0331 e. The average Bonchev–Trinajstić information content (AvgIpc) is 2.85. The number of likely N-dealkylation sites (N-methyl/N-ethyl adjacent to an activating group) is 1. The van der Waals surface area contributed by atoms with Gasteiger partial charge in [-0.25, -0.2) is 0 Å². The number of nitrogens with two attached hydrogens (primary N) is 1. The Balaban J connectivity index is 2.44. The van der Waals surface area contributed by atoms with Gasteiger partial charge in [-0.3, -0.25) is 4.90 Å². The SMILES string of the molecule is CCN(Cc1cccs1)C(CN)CCCSC. The van der Waals surface area contributed by atoms with E-state index in [0.29, 0.717) is 6.04 Å². The predicted molar refractivity (Wildman–Crippen MR) is 80.9 cm³/mol. The highest BCUT2D eigenvalue weighted by atomic mass is 32.2. The maximum Gasteiger partial charge on any atom is 0.0331 e. The van der Waals surface area contributed by atoms with Crippen LogP contribution in [-0.2, 0) is 6.54 Å². The van der Waals surface area contributed by atoms with E-state index in [-0.39, 0.29) is 0 Å². The van der Waals surface area contributed by atoms with Gasteiger partial charge in [0.25, 0.3) is 0 Å². The first-order chi connectivity index (χ1) is 8.31. The fourth-order valence-electron chi connectivity index (χ4n) is 2.01. The number of rotatable bonds is 9. The number of thioether (sulfide) groups is 1. The number of hydrogen-bond donors (Lipinski definition) is 1. The lowest BCUT2D eigenvalue weighted by atomic mass is 10.1. The Bertz CT molecular complexity index is 275. The molecule has 0 bridgehead atoms. The third-order valence-corrected chi connectivity index (χ3v) is 4.58. The summed E-state index contributed by atoms with van der Waals surface area (Å²) < 4.78 is 0. The van der Waals surface area contributed by atoms with Crippen molar-refractivity contribution in [2.75, 3.05) is 25.1 Å². The molecule has 0 fully saturated rings. The Morgan fingerprint density at radius 2 is 2.35 bits per heavy atom. The Morgan fingerprint density at radius 3 is 2.88 bits per heavy atom. The molecule has 0 amide bonds. The highest BCUT2D eigenvalue weighted by Gasteiger charge is 2.15. The molecule has 17 heavy (non-hydrogen) atoms. The van der Waals surface area contributed by atoms with E-state index in [4.69, 9.17) is 5.73 Å². The molecule has 1 aromatic rings. The van der Waals surface area contributed by atoms with E-state index in [1.807, 2.05) is 23.1 Å². The highest BCUT2D eigenvalue weighted by Crippen LogP contribution is 2.16. The summed E-state index contributed by atoms with van der Waals surface area (Å²) in [5.41, 5.74) is 5.92. The Hall–Kier alpha value is -0.0300. The van der Waals surface area contributed by atoms with Crippen LogP contribution in [0.5, 0.6) is 0 Å². The molecule has 0 radical (unpaired) electrons. The van der Waals surface area contributed by atoms with Crippen molar-refractivity contribution in [3.63, 3.8) is 0 Å². The van der Waals surface area contributed by atoms with Crippen molar-refractivity contribution < 1.29 is 0 Å². The van der Waals surface area contributed by atoms with E-state index in [0.717, 1.165) is 19.6 Å². The van der Waals surface area contributed by atoms with Crippen LogP contribution in [0.1, 0.15) is 24.6 Å². The van der Waals surface area contributed by atoms with Crippen molar-refractivity contribution in [2.45, 2.75) is 32.4 Å². The maximum absolute atomic E-state index is 5.92. The lowest BCUT2D eigenvalue weighted by Gasteiger charge is -2.29. The van der Waals surface area contributed by atoms with E-state index in [9.17, 15) is 0 Å². The molecule has 1 rings (SSSR count). The summed E-state index contributed by atoms with van der Waals surface area (Å²) in [6, 6.07) is 4.87. The largest absolute Gasteiger partial charge is 0.329 e. The van der Waals surface area contributed by atoms with Gasteiger partial charge in [-0.2, -0.15) is 11.8 Å². The Labute approximate surface area is 114 Å². The molecule has 4 heteroatoms. The zero-order valence-electron chi connectivity index (χ0n) is 10.9. The molecule has 2 N–H and O–H groups in total. The summed E-state index contributed by atoms with van der Waals surface area (Å²) in [7, 11) is 0. The van der Waals surface area contributed by atoms with Gasteiger partial charge in [-0.05, 0) is 42.8 Å². The number of hydrogen-bond acceptors (Lipinski definition) is 4. The summed E-state index contributed by atoms with van der Waals surface area (Å²) >= 11 is 3.76. The lowest BCUT2D eigenvalue weighted by Crippen LogP contribution is -2.40. The molecule has 0 saturated carbocycles. The van der Waals surface area contributed by atoms with Crippen LogP contribution in [0.15, 0.2) is 17.5 Å². The molecular weight excluding hydrogens is 248 g/mol. The monoisotopic (exact) mass is 272 g/mol. The molecule has 1 heterocycles. The first-order valence-corrected chi connectivity index (χ1v) is 8.54. The first kappa shape index (κ1) is 15.0. The average molecular weight is 272 g/mol. The van der Waals surface area contributed by atoms with Gasteiger partial charge in [0.05, 0.1) is 0 Å². The second-order valence-electron chi connectivity index (χ2n) is 4.17. The minimum atomic E-state index is 0.536. The van der Waals surface area contributed by atoms with Crippen molar-refractivity contribution in [1.82, 2.24) is 4.90 Å². The van der Waals surface area contributed by atoms with Gasteiger partial charge >= 0.3 is 0 Å². The van der Waals surface area contributed by atoms with Crippen molar-refractivity contribution in [3.05, 3.63) is 22.4 Å². The first-order valence-electron chi connectivity index (χ1n) is 6.27. The van der Waals surface area contributed by atoms with Gasteiger partial charge in [-0.1, -0.05) is 13.0 Å². The van der Waals surface area contributed by atoms with E-state index < -0.39 is 0 Å². The fraction of sp³-hybridized carbons (Fsp3) is 0.692. The van der Waals surface area contributed by atoms with Crippen LogP contribution < -0.4 is 5.73 Å². The molecule has 0 spiro atoms. The van der Waals surface area contributed by atoms with Gasteiger partial charge < -0.3 is 5.73 Å². The van der Waals surface area contributed by atoms with E-state index in [2.05, 4.69) is 35.6 Å². The molecule has 1 aromatic heterocycles. The second kappa shape index (κ2) is 8.97. The van der Waals surface area contributed by atoms with E-state index >= 15 is 0 Å². The van der Waals surface area contributed by atoms with Crippen LogP contribution in [0.25, 0.3) is 0 Å². The van der Waals surface area contributed by atoms with Crippen molar-refractivity contribution in [2.24, 2.45) is 5.73 Å². The maximum atomic E-state index is 5.92. The zero-order chi connectivity index (χ0) is 12.5. The molecule has 98 valence electrons. The summed E-state index contributed by atoms with van der Waals surface area (Å²) in [5, 5.41) is 2.15. The topological polar surface area (TPSA) is 29.3 Å². The summed E-state index contributed by atoms with van der Waals surface area (Å²) in [4.78, 5) is 3.95. The summed E-state index contributed by atoms with van der Waals surface area (Å²) in [6.07, 6.45) is 4.65. The quantitative estimate of drug-likeness (QED) is 0.701. The van der Waals surface area contributed by atoms with Crippen LogP contribution in [-0.4, -0.2) is 36.0 Å². The minimum absolute atomic E-state index is 0.536. The molecule has 0 aliphatic heterocycles. The number of thiophene rings is 1. The van der Waals surface area contributed by atoms with Gasteiger partial charge in [0, 0.05) is 24.0 Å². The molecule has 1 unspecified atom stereocenters. The van der Waals surface area contributed by atoms with Gasteiger partial charge in [-0.15, -0.1) is 11.3 Å². The molecule has 0 aliphatic carbocycles. The van der Waals surface area contributed by atoms with Crippen LogP contribution >= 0.6 is 23.1 Å². The van der Waals surface area contributed by atoms with Gasteiger partial charge in [0.2, 0.25) is 0 Å². The molecule has 1 atom stereocenters. The van der Waals surface area contributed by atoms with Crippen molar-refractivity contribution >= 4 is 23.1 Å². The van der Waals surface area contributed by atoms with E-state index in [1.165, 1.54) is 23.5 Å². The minimum Gasteiger partial charge on any atom is -0.329 e. The van der Waals surface area contributed by atoms with Crippen LogP contribution in [0.3, 0.4) is 0 Å². The molecule has 2 nitrogen and oxygen atoms in total. The van der Waals surface area contributed by atoms with Crippen LogP contribution in [0.4, 0.5) is 0 Å². The van der Waals surface area contributed by atoms with Crippen LogP contribution in [0.2, 0.25) is 0 Å². The van der Waals surface area contributed by atoms with E-state index in [1.54, 1.807) is 0 Å². The van der Waals surface area contributed by atoms with Crippen LogP contribution in [0, 0.1) is 0 Å². The van der Waals surface area contributed by atoms with Crippen molar-refractivity contribution in [1.29, 1.82) is 0 Å². The fourth-order valence-corrected chi connectivity index (χ4v) is 3.20. The van der Waals surface area contributed by atoms with Gasteiger partial charge in [0.1, 0.15) is 0 Å². The summed E-state index contributed by atoms with van der Waals surface area (Å²) in [5.74, 6) is 1.24. The standard InChI is InChI=1S/C13H24N2S2/c1-3-15(11-13-7-5-9-17-13)12(10-14)6-4-8-16-2/h5,7,9,12H,3-4,6,8,10-11,14H2,1-2H3. The van der Waals surface area contributed by atoms with Crippen molar-refractivity contribution in [3.8, 4) is 0 Å². The third-order valence-electron chi connectivity index (χ3n) is 3.02. The molecule has 0 aliphatic rings. The second-order valence-corrected chi connectivity index (χ2v) is 6.18. The zero-order valence-corrected chi connectivity index (χ0v) is 12.5. The normalized spacial score (nSPS) is 13.2.